The van der Waals surface area contributed by atoms with Gasteiger partial charge in [0.05, 0.1) is 0 Å². The summed E-state index contributed by atoms with van der Waals surface area (Å²) in [5.41, 5.74) is 4.82. The molecule has 0 unspecified atom stereocenters. The van der Waals surface area contributed by atoms with Crippen LogP contribution in [-0.2, 0) is 12.8 Å². The number of rotatable bonds is 5. The third kappa shape index (κ3) is 2.74. The summed E-state index contributed by atoms with van der Waals surface area (Å²) in [4.78, 5) is 13.2. The van der Waals surface area contributed by atoms with Crippen molar-refractivity contribution in [3.63, 3.8) is 0 Å². The van der Waals surface area contributed by atoms with E-state index in [-0.39, 0.29) is 0 Å². The molecule has 0 bridgehead atoms. The lowest BCUT2D eigenvalue weighted by atomic mass is 10.1. The number of carbonyl (C=O) groups is 1. The molecule has 0 fully saturated rings. The molecule has 0 N–H and O–H groups in total. The largest absolute Gasteiger partial charge is 0.371 e. The zero-order chi connectivity index (χ0) is 13.8. The van der Waals surface area contributed by atoms with Crippen LogP contribution in [0.2, 0.25) is 0 Å². The molecule has 2 nitrogen and oxygen atoms in total. The normalized spacial score (nSPS) is 13.3. The van der Waals surface area contributed by atoms with Gasteiger partial charge in [-0.25, -0.2) is 0 Å². The molecule has 1 aliphatic rings. The van der Waals surface area contributed by atoms with Crippen LogP contribution in [0.1, 0.15) is 27.9 Å². The van der Waals surface area contributed by atoms with Gasteiger partial charge in [0.1, 0.15) is 6.29 Å². The number of hydrogen-bond donors (Lipinski definition) is 0. The molecule has 1 aliphatic heterocycles. The highest BCUT2D eigenvalue weighted by molar-refractivity contribution is 5.77. The lowest BCUT2D eigenvalue weighted by Crippen LogP contribution is -2.22. The Balaban J connectivity index is 1.60. The Hall–Kier alpha value is -2.09. The van der Waals surface area contributed by atoms with E-state index in [1.807, 2.05) is 12.1 Å². The van der Waals surface area contributed by atoms with Crippen LogP contribution in [0.15, 0.2) is 48.5 Å². The summed E-state index contributed by atoms with van der Waals surface area (Å²) in [6, 6.07) is 16.7. The number of aryl methyl sites for hydroxylation is 1. The zero-order valence-electron chi connectivity index (χ0n) is 11.6. The first-order chi connectivity index (χ1) is 9.86. The Morgan fingerprint density at radius 2 is 1.95 bits per heavy atom. The fraction of sp³-hybridized carbons (Fsp3) is 0.278. The second kappa shape index (κ2) is 5.91. The van der Waals surface area contributed by atoms with E-state index in [0.717, 1.165) is 37.8 Å². The van der Waals surface area contributed by atoms with Gasteiger partial charge in [-0.1, -0.05) is 30.3 Å². The molecule has 0 amide bonds. The van der Waals surface area contributed by atoms with Crippen molar-refractivity contribution in [2.24, 2.45) is 0 Å². The minimum Gasteiger partial charge on any atom is -0.371 e. The molecule has 0 saturated heterocycles. The average Bonchev–Trinajstić information content (AvgIpc) is 2.91. The first kappa shape index (κ1) is 12.9. The number of hydrogen-bond acceptors (Lipinski definition) is 2. The molecule has 0 saturated carbocycles. The van der Waals surface area contributed by atoms with Gasteiger partial charge in [0, 0.05) is 24.3 Å². The Labute approximate surface area is 120 Å². The van der Waals surface area contributed by atoms with E-state index in [4.69, 9.17) is 0 Å². The first-order valence-electron chi connectivity index (χ1n) is 7.24. The minimum atomic E-state index is 0.787. The number of nitrogens with zero attached hydrogens (tertiary/aromatic N) is 1. The van der Waals surface area contributed by atoms with Crippen LogP contribution in [0.4, 0.5) is 5.69 Å². The van der Waals surface area contributed by atoms with Gasteiger partial charge >= 0.3 is 0 Å². The van der Waals surface area contributed by atoms with Crippen LogP contribution in [0.25, 0.3) is 0 Å². The van der Waals surface area contributed by atoms with Gasteiger partial charge in [0.2, 0.25) is 0 Å². The van der Waals surface area contributed by atoms with E-state index in [2.05, 4.69) is 41.3 Å². The molecule has 0 spiro atoms. The fourth-order valence-electron chi connectivity index (χ4n) is 2.91. The molecule has 3 rings (SSSR count). The Bertz CT molecular complexity index is 592. The maximum atomic E-state index is 10.8. The SMILES string of the molecule is O=Cc1ccc2c(c1)CCN2CCCc1ccccc1. The topological polar surface area (TPSA) is 20.3 Å². The molecule has 0 aromatic heterocycles. The quantitative estimate of drug-likeness (QED) is 0.771. The van der Waals surface area contributed by atoms with Crippen molar-refractivity contribution in [2.75, 3.05) is 18.0 Å². The Morgan fingerprint density at radius 3 is 2.75 bits per heavy atom. The second-order valence-corrected chi connectivity index (χ2v) is 5.33. The summed E-state index contributed by atoms with van der Waals surface area (Å²) < 4.78 is 0. The highest BCUT2D eigenvalue weighted by atomic mass is 16.1. The van der Waals surface area contributed by atoms with Crippen molar-refractivity contribution < 1.29 is 4.79 Å². The highest BCUT2D eigenvalue weighted by Gasteiger charge is 2.18. The van der Waals surface area contributed by atoms with E-state index in [1.54, 1.807) is 0 Å². The maximum Gasteiger partial charge on any atom is 0.150 e. The van der Waals surface area contributed by atoms with Gasteiger partial charge in [0.25, 0.3) is 0 Å². The molecule has 0 aliphatic carbocycles. The third-order valence-electron chi connectivity index (χ3n) is 3.97. The molecule has 20 heavy (non-hydrogen) atoms. The van der Waals surface area contributed by atoms with Crippen LogP contribution < -0.4 is 4.90 Å². The summed E-state index contributed by atoms with van der Waals surface area (Å²) in [6.45, 7) is 2.16. The van der Waals surface area contributed by atoms with Gasteiger partial charge < -0.3 is 4.90 Å². The molecule has 102 valence electrons. The number of aldehydes is 1. The van der Waals surface area contributed by atoms with Crippen molar-refractivity contribution >= 4 is 12.0 Å². The Kier molecular flexibility index (Phi) is 3.82. The summed E-state index contributed by atoms with van der Waals surface area (Å²) in [7, 11) is 0. The van der Waals surface area contributed by atoms with Crippen LogP contribution >= 0.6 is 0 Å². The standard InChI is InChI=1S/C18H19NO/c20-14-16-8-9-18-17(13-16)10-12-19(18)11-4-7-15-5-2-1-3-6-15/h1-3,5-6,8-9,13-14H,4,7,10-12H2. The van der Waals surface area contributed by atoms with E-state index < -0.39 is 0 Å². The van der Waals surface area contributed by atoms with E-state index >= 15 is 0 Å². The van der Waals surface area contributed by atoms with Crippen LogP contribution in [0, 0.1) is 0 Å². The van der Waals surface area contributed by atoms with Crippen molar-refractivity contribution in [1.82, 2.24) is 0 Å². The highest BCUT2D eigenvalue weighted by Crippen LogP contribution is 2.28. The van der Waals surface area contributed by atoms with Crippen molar-refractivity contribution in [2.45, 2.75) is 19.3 Å². The summed E-state index contributed by atoms with van der Waals surface area (Å²) in [5.74, 6) is 0. The van der Waals surface area contributed by atoms with Crippen molar-refractivity contribution in [3.8, 4) is 0 Å². The second-order valence-electron chi connectivity index (χ2n) is 5.33. The fourth-order valence-corrected chi connectivity index (χ4v) is 2.91. The number of anilines is 1. The van der Waals surface area contributed by atoms with Gasteiger partial charge in [0.15, 0.2) is 0 Å². The van der Waals surface area contributed by atoms with Crippen LogP contribution in [0.3, 0.4) is 0 Å². The molecular weight excluding hydrogens is 246 g/mol. The third-order valence-corrected chi connectivity index (χ3v) is 3.97. The lowest BCUT2D eigenvalue weighted by Gasteiger charge is -2.19. The molecule has 0 atom stereocenters. The summed E-state index contributed by atoms with van der Waals surface area (Å²) in [6.07, 6.45) is 4.28. The predicted molar refractivity (Wildman–Crippen MR) is 82.5 cm³/mol. The van der Waals surface area contributed by atoms with Gasteiger partial charge in [-0.05, 0) is 48.6 Å². The maximum absolute atomic E-state index is 10.8. The lowest BCUT2D eigenvalue weighted by molar-refractivity contribution is 0.112. The molecule has 1 heterocycles. The number of fused-ring (bicyclic) bond motifs is 1. The monoisotopic (exact) mass is 265 g/mol. The van der Waals surface area contributed by atoms with Crippen molar-refractivity contribution in [1.29, 1.82) is 0 Å². The molecule has 0 radical (unpaired) electrons. The first-order valence-corrected chi connectivity index (χ1v) is 7.24. The van der Waals surface area contributed by atoms with E-state index in [0.29, 0.717) is 0 Å². The minimum absolute atomic E-state index is 0.787. The van der Waals surface area contributed by atoms with Crippen LogP contribution in [0.5, 0.6) is 0 Å². The van der Waals surface area contributed by atoms with E-state index in [1.165, 1.54) is 23.2 Å². The summed E-state index contributed by atoms with van der Waals surface area (Å²) >= 11 is 0. The smallest absolute Gasteiger partial charge is 0.150 e. The molecule has 2 aromatic rings. The van der Waals surface area contributed by atoms with Gasteiger partial charge in [-0.2, -0.15) is 0 Å². The van der Waals surface area contributed by atoms with E-state index in [9.17, 15) is 4.79 Å². The molecule has 2 heteroatoms. The molecular formula is C18H19NO. The summed E-state index contributed by atoms with van der Waals surface area (Å²) in [5, 5.41) is 0. The van der Waals surface area contributed by atoms with Gasteiger partial charge in [-0.3, -0.25) is 4.79 Å². The predicted octanol–water partition coefficient (Wildman–Crippen LogP) is 3.49. The average molecular weight is 265 g/mol. The Morgan fingerprint density at radius 1 is 1.10 bits per heavy atom. The van der Waals surface area contributed by atoms with Crippen molar-refractivity contribution in [3.05, 3.63) is 65.2 Å². The molecule has 2 aromatic carbocycles. The zero-order valence-corrected chi connectivity index (χ0v) is 11.6. The van der Waals surface area contributed by atoms with Crippen LogP contribution in [-0.4, -0.2) is 19.4 Å². The number of carbonyl (C=O) groups excluding carboxylic acids is 1. The number of benzene rings is 2. The van der Waals surface area contributed by atoms with Gasteiger partial charge in [-0.15, -0.1) is 0 Å².